The number of imidazole rings is 1. The zero-order valence-corrected chi connectivity index (χ0v) is 11.3. The van der Waals surface area contributed by atoms with Gasteiger partial charge in [-0.2, -0.15) is 0 Å². The lowest BCUT2D eigenvalue weighted by Crippen LogP contribution is -1.98. The van der Waals surface area contributed by atoms with Crippen molar-refractivity contribution >= 4 is 5.82 Å². The molecule has 3 rings (SSSR count). The average Bonchev–Trinajstić information content (AvgIpc) is 2.96. The molecule has 5 nitrogen and oxygen atoms in total. The van der Waals surface area contributed by atoms with E-state index in [-0.39, 0.29) is 5.75 Å². The van der Waals surface area contributed by atoms with Crippen molar-refractivity contribution < 1.29 is 9.13 Å². The molecule has 0 aliphatic heterocycles. The highest BCUT2D eigenvalue weighted by Crippen LogP contribution is 2.26. The minimum absolute atomic E-state index is 0.202. The van der Waals surface area contributed by atoms with Gasteiger partial charge in [-0.3, -0.25) is 4.57 Å². The second-order valence-corrected chi connectivity index (χ2v) is 4.44. The van der Waals surface area contributed by atoms with Gasteiger partial charge in [-0.25, -0.2) is 14.4 Å². The summed E-state index contributed by atoms with van der Waals surface area (Å²) < 4.78 is 20.6. The van der Waals surface area contributed by atoms with E-state index in [1.54, 1.807) is 41.5 Å². The van der Waals surface area contributed by atoms with Crippen LogP contribution in [0.1, 0.15) is 0 Å². The maximum absolute atomic E-state index is 13.9. The van der Waals surface area contributed by atoms with Crippen molar-refractivity contribution in [3.05, 3.63) is 54.9 Å². The number of halogens is 1. The Labute approximate surface area is 120 Å². The van der Waals surface area contributed by atoms with E-state index < -0.39 is 5.82 Å². The van der Waals surface area contributed by atoms with E-state index in [2.05, 4.69) is 9.97 Å². The molecule has 0 saturated carbocycles. The van der Waals surface area contributed by atoms with E-state index in [0.29, 0.717) is 11.5 Å². The van der Waals surface area contributed by atoms with Gasteiger partial charge in [-0.15, -0.1) is 0 Å². The van der Waals surface area contributed by atoms with E-state index in [9.17, 15) is 4.39 Å². The van der Waals surface area contributed by atoms with Crippen molar-refractivity contribution in [3.63, 3.8) is 0 Å². The van der Waals surface area contributed by atoms with Crippen LogP contribution in [0.4, 0.5) is 10.2 Å². The molecule has 0 spiro atoms. The molecule has 0 amide bonds. The number of pyridine rings is 1. The molecule has 6 heteroatoms. The van der Waals surface area contributed by atoms with Crippen molar-refractivity contribution in [2.75, 3.05) is 12.8 Å². The summed E-state index contributed by atoms with van der Waals surface area (Å²) in [5.41, 5.74) is 8.00. The summed E-state index contributed by atoms with van der Waals surface area (Å²) in [5, 5.41) is 0. The zero-order valence-electron chi connectivity index (χ0n) is 11.3. The van der Waals surface area contributed by atoms with Crippen LogP contribution in [0, 0.1) is 5.82 Å². The quantitative estimate of drug-likeness (QED) is 0.803. The number of aromatic nitrogens is 3. The van der Waals surface area contributed by atoms with Gasteiger partial charge in [0.05, 0.1) is 31.0 Å². The molecule has 2 N–H and O–H groups in total. The van der Waals surface area contributed by atoms with E-state index in [0.717, 1.165) is 11.3 Å². The fourth-order valence-electron chi connectivity index (χ4n) is 2.13. The number of ether oxygens (including phenoxy) is 1. The third kappa shape index (κ3) is 2.43. The fraction of sp³-hybridized carbons (Fsp3) is 0.0667. The lowest BCUT2D eigenvalue weighted by atomic mass is 10.2. The highest BCUT2D eigenvalue weighted by atomic mass is 19.1. The second-order valence-electron chi connectivity index (χ2n) is 4.44. The van der Waals surface area contributed by atoms with Crippen LogP contribution in [0.15, 0.2) is 49.1 Å². The lowest BCUT2D eigenvalue weighted by molar-refractivity contribution is 0.386. The van der Waals surface area contributed by atoms with Crippen molar-refractivity contribution in [3.8, 4) is 22.7 Å². The molecule has 0 atom stereocenters. The molecule has 0 aliphatic carbocycles. The van der Waals surface area contributed by atoms with Crippen molar-refractivity contribution in [1.82, 2.24) is 14.5 Å². The Morgan fingerprint density at radius 3 is 2.81 bits per heavy atom. The van der Waals surface area contributed by atoms with Gasteiger partial charge in [0, 0.05) is 17.8 Å². The number of nitrogens with zero attached hydrogens (tertiary/aromatic N) is 3. The predicted molar refractivity (Wildman–Crippen MR) is 77.7 cm³/mol. The van der Waals surface area contributed by atoms with Gasteiger partial charge < -0.3 is 10.5 Å². The highest BCUT2D eigenvalue weighted by molar-refractivity contribution is 5.64. The SMILES string of the molecule is COc1ccc(-n2cncc2-c2ccnc(N)c2)cc1F. The third-order valence-electron chi connectivity index (χ3n) is 3.13. The summed E-state index contributed by atoms with van der Waals surface area (Å²) in [6, 6.07) is 8.30. The first-order valence-corrected chi connectivity index (χ1v) is 6.27. The lowest BCUT2D eigenvalue weighted by Gasteiger charge is -2.10. The molecule has 0 bridgehead atoms. The van der Waals surface area contributed by atoms with Crippen LogP contribution < -0.4 is 10.5 Å². The summed E-state index contributed by atoms with van der Waals surface area (Å²) in [6.07, 6.45) is 4.93. The highest BCUT2D eigenvalue weighted by Gasteiger charge is 2.10. The predicted octanol–water partition coefficient (Wildman–Crippen LogP) is 2.66. The van der Waals surface area contributed by atoms with Crippen molar-refractivity contribution in [1.29, 1.82) is 0 Å². The maximum atomic E-state index is 13.9. The molecule has 1 aromatic carbocycles. The van der Waals surface area contributed by atoms with E-state index >= 15 is 0 Å². The van der Waals surface area contributed by atoms with Gasteiger partial charge in [-0.1, -0.05) is 0 Å². The molecule has 21 heavy (non-hydrogen) atoms. The summed E-state index contributed by atoms with van der Waals surface area (Å²) in [4.78, 5) is 8.09. The Morgan fingerprint density at radius 1 is 1.24 bits per heavy atom. The molecule has 0 saturated heterocycles. The van der Waals surface area contributed by atoms with Gasteiger partial charge in [0.25, 0.3) is 0 Å². The van der Waals surface area contributed by atoms with E-state index in [1.165, 1.54) is 13.2 Å². The first-order chi connectivity index (χ1) is 10.2. The number of methoxy groups -OCH3 is 1. The molecule has 0 unspecified atom stereocenters. The van der Waals surface area contributed by atoms with Gasteiger partial charge in [-0.05, 0) is 24.3 Å². The summed E-state index contributed by atoms with van der Waals surface area (Å²) >= 11 is 0. The second kappa shape index (κ2) is 5.24. The topological polar surface area (TPSA) is 66.0 Å². The van der Waals surface area contributed by atoms with Crippen LogP contribution in [-0.4, -0.2) is 21.6 Å². The third-order valence-corrected chi connectivity index (χ3v) is 3.13. The maximum Gasteiger partial charge on any atom is 0.167 e. The monoisotopic (exact) mass is 284 g/mol. The molecular formula is C15H13FN4O. The van der Waals surface area contributed by atoms with Gasteiger partial charge in [0.15, 0.2) is 11.6 Å². The Hall–Kier alpha value is -2.89. The van der Waals surface area contributed by atoms with Crippen LogP contribution in [0.5, 0.6) is 5.75 Å². The fourth-order valence-corrected chi connectivity index (χ4v) is 2.13. The minimum Gasteiger partial charge on any atom is -0.494 e. The van der Waals surface area contributed by atoms with Gasteiger partial charge >= 0.3 is 0 Å². The Bertz CT molecular complexity index is 785. The van der Waals surface area contributed by atoms with Crippen molar-refractivity contribution in [2.24, 2.45) is 0 Å². The summed E-state index contributed by atoms with van der Waals surface area (Å²) in [5.74, 6) is 0.193. The first-order valence-electron chi connectivity index (χ1n) is 6.27. The standard InChI is InChI=1S/C15H13FN4O/c1-21-14-3-2-11(7-12(14)16)20-9-18-8-13(20)10-4-5-19-15(17)6-10/h2-9H,1H3,(H2,17,19). The van der Waals surface area contributed by atoms with Crippen LogP contribution >= 0.6 is 0 Å². The first kappa shape index (κ1) is 13.1. The molecule has 106 valence electrons. The van der Waals surface area contributed by atoms with Crippen LogP contribution in [0.2, 0.25) is 0 Å². The normalized spacial score (nSPS) is 10.6. The Morgan fingerprint density at radius 2 is 2.10 bits per heavy atom. The Kier molecular flexibility index (Phi) is 3.27. The van der Waals surface area contributed by atoms with Crippen LogP contribution in [-0.2, 0) is 0 Å². The number of rotatable bonds is 3. The number of anilines is 1. The molecule has 3 aromatic rings. The number of benzene rings is 1. The zero-order chi connectivity index (χ0) is 14.8. The molecule has 0 aliphatic rings. The van der Waals surface area contributed by atoms with E-state index in [4.69, 9.17) is 10.5 Å². The Balaban J connectivity index is 2.09. The summed E-state index contributed by atoms with van der Waals surface area (Å²) in [7, 11) is 1.43. The minimum atomic E-state index is -0.427. The molecule has 2 heterocycles. The van der Waals surface area contributed by atoms with E-state index in [1.807, 2.05) is 6.07 Å². The summed E-state index contributed by atoms with van der Waals surface area (Å²) in [6.45, 7) is 0. The largest absolute Gasteiger partial charge is 0.494 e. The van der Waals surface area contributed by atoms with Crippen LogP contribution in [0.25, 0.3) is 16.9 Å². The molecule has 0 radical (unpaired) electrons. The van der Waals surface area contributed by atoms with Crippen LogP contribution in [0.3, 0.4) is 0 Å². The average molecular weight is 284 g/mol. The number of hydrogen-bond acceptors (Lipinski definition) is 4. The molecule has 0 fully saturated rings. The van der Waals surface area contributed by atoms with Gasteiger partial charge in [0.2, 0.25) is 0 Å². The molecule has 2 aromatic heterocycles. The van der Waals surface area contributed by atoms with Gasteiger partial charge in [0.1, 0.15) is 5.82 Å². The number of hydrogen-bond donors (Lipinski definition) is 1. The number of nitrogens with two attached hydrogens (primary N) is 1. The molecular weight excluding hydrogens is 271 g/mol. The van der Waals surface area contributed by atoms with Crippen molar-refractivity contribution in [2.45, 2.75) is 0 Å². The smallest absolute Gasteiger partial charge is 0.167 e. The number of nitrogen functional groups attached to an aromatic ring is 1.